The molecule has 0 saturated carbocycles. The lowest BCUT2D eigenvalue weighted by molar-refractivity contribution is 0.244. The number of aliphatic hydroxyl groups excluding tert-OH is 1. The highest BCUT2D eigenvalue weighted by atomic mass is 19.1. The molecule has 3 aromatic rings. The van der Waals surface area contributed by atoms with Crippen molar-refractivity contribution in [2.75, 3.05) is 19.0 Å². The summed E-state index contributed by atoms with van der Waals surface area (Å²) in [6, 6.07) is 11.7. The Labute approximate surface area is 166 Å². The smallest absolute Gasteiger partial charge is 0.319 e. The average Bonchev–Trinajstić information content (AvgIpc) is 3.19. The number of nitrogens with one attached hydrogen (secondary N) is 2. The number of methoxy groups -OCH3 is 1. The summed E-state index contributed by atoms with van der Waals surface area (Å²) in [6.45, 7) is -0.122. The summed E-state index contributed by atoms with van der Waals surface area (Å²) in [6.07, 6.45) is 0.617. The molecule has 0 aliphatic heterocycles. The lowest BCUT2D eigenvalue weighted by Gasteiger charge is -2.16. The first-order valence-corrected chi connectivity index (χ1v) is 8.96. The van der Waals surface area contributed by atoms with Crippen LogP contribution in [0.25, 0.3) is 0 Å². The fourth-order valence-electron chi connectivity index (χ4n) is 2.66. The molecule has 1 heterocycles. The minimum atomic E-state index is -0.608. The summed E-state index contributed by atoms with van der Waals surface area (Å²) in [5, 5.41) is 22.3. The van der Waals surface area contributed by atoms with Crippen LogP contribution in [0.4, 0.5) is 14.9 Å². The molecule has 9 heteroatoms. The molecule has 0 radical (unpaired) electrons. The molecule has 3 N–H and O–H groups in total. The maximum atomic E-state index is 13.0. The Balaban J connectivity index is 1.75. The lowest BCUT2D eigenvalue weighted by Crippen LogP contribution is -2.34. The zero-order valence-electron chi connectivity index (χ0n) is 15.8. The summed E-state index contributed by atoms with van der Waals surface area (Å²) < 4.78 is 23.8. The van der Waals surface area contributed by atoms with E-state index in [9.17, 15) is 9.18 Å². The van der Waals surface area contributed by atoms with Crippen molar-refractivity contribution in [1.29, 1.82) is 0 Å². The number of aliphatic hydroxyl groups is 1. The predicted molar refractivity (Wildman–Crippen MR) is 103 cm³/mol. The Kier molecular flexibility index (Phi) is 6.75. The molecule has 0 unspecified atom stereocenters. The second-order valence-electron chi connectivity index (χ2n) is 6.22. The van der Waals surface area contributed by atoms with Crippen molar-refractivity contribution in [1.82, 2.24) is 15.5 Å². The molecule has 0 aliphatic carbocycles. The summed E-state index contributed by atoms with van der Waals surface area (Å²) in [7, 11) is 1.58. The Morgan fingerprint density at radius 1 is 1.17 bits per heavy atom. The molecule has 2 aromatic carbocycles. The van der Waals surface area contributed by atoms with E-state index in [1.54, 1.807) is 7.11 Å². The number of carbonyl (C=O) groups is 1. The van der Waals surface area contributed by atoms with E-state index in [0.717, 1.165) is 11.3 Å². The maximum absolute atomic E-state index is 13.0. The van der Waals surface area contributed by atoms with Gasteiger partial charge in [0.2, 0.25) is 11.8 Å². The number of aromatic nitrogens is 2. The van der Waals surface area contributed by atoms with Crippen LogP contribution in [-0.4, -0.2) is 35.1 Å². The van der Waals surface area contributed by atoms with Gasteiger partial charge in [0.15, 0.2) is 0 Å². The minimum absolute atomic E-state index is 0.122. The van der Waals surface area contributed by atoms with E-state index >= 15 is 0 Å². The molecule has 0 spiro atoms. The van der Waals surface area contributed by atoms with Crippen LogP contribution < -0.4 is 15.4 Å². The van der Waals surface area contributed by atoms with E-state index < -0.39 is 17.9 Å². The highest BCUT2D eigenvalue weighted by molar-refractivity contribution is 5.89. The molecular formula is C20H21FN4O4. The standard InChI is InChI=1S/C20H21FN4O4/c1-28-16-8-2-13(3-9-16)12-17(19-25-24-18(29-19)10-11-26)23-20(27)22-15-6-4-14(21)5-7-15/h2-9,17,26H,10-12H2,1H3,(H2,22,23,27)/t17-/m0/s1. The fraction of sp³-hybridized carbons (Fsp3) is 0.250. The van der Waals surface area contributed by atoms with Gasteiger partial charge in [-0.15, -0.1) is 10.2 Å². The Hall–Kier alpha value is -3.46. The van der Waals surface area contributed by atoms with Gasteiger partial charge < -0.3 is 24.9 Å². The van der Waals surface area contributed by atoms with Gasteiger partial charge in [-0.1, -0.05) is 12.1 Å². The number of hydrogen-bond donors (Lipinski definition) is 3. The van der Waals surface area contributed by atoms with E-state index in [4.69, 9.17) is 14.3 Å². The van der Waals surface area contributed by atoms with Crippen LogP contribution in [0.1, 0.15) is 23.4 Å². The SMILES string of the molecule is COc1ccc(C[C@H](NC(=O)Nc2ccc(F)cc2)c2nnc(CCO)o2)cc1. The summed E-state index contributed by atoms with van der Waals surface area (Å²) in [4.78, 5) is 12.4. The van der Waals surface area contributed by atoms with Gasteiger partial charge in [0.25, 0.3) is 0 Å². The first-order chi connectivity index (χ1) is 14.1. The van der Waals surface area contributed by atoms with Crippen LogP contribution in [-0.2, 0) is 12.8 Å². The molecule has 1 aromatic heterocycles. The van der Waals surface area contributed by atoms with Crippen LogP contribution in [0.2, 0.25) is 0 Å². The third-order valence-electron chi connectivity index (χ3n) is 4.11. The Morgan fingerprint density at radius 3 is 2.55 bits per heavy atom. The van der Waals surface area contributed by atoms with Gasteiger partial charge in [-0.05, 0) is 42.0 Å². The summed E-state index contributed by atoms with van der Waals surface area (Å²) in [5.74, 6) is 0.826. The van der Waals surface area contributed by atoms with Crippen molar-refractivity contribution in [3.8, 4) is 5.75 Å². The number of amides is 2. The van der Waals surface area contributed by atoms with Crippen LogP contribution in [0.15, 0.2) is 52.9 Å². The number of anilines is 1. The quantitative estimate of drug-likeness (QED) is 0.536. The van der Waals surface area contributed by atoms with Gasteiger partial charge in [-0.3, -0.25) is 0 Å². The third-order valence-corrected chi connectivity index (χ3v) is 4.11. The first kappa shape index (κ1) is 20.3. The summed E-state index contributed by atoms with van der Waals surface area (Å²) >= 11 is 0. The van der Waals surface area contributed by atoms with Gasteiger partial charge in [0.05, 0.1) is 13.7 Å². The van der Waals surface area contributed by atoms with Crippen molar-refractivity contribution in [2.45, 2.75) is 18.9 Å². The third kappa shape index (κ3) is 5.76. The van der Waals surface area contributed by atoms with Gasteiger partial charge in [-0.2, -0.15) is 0 Å². The van der Waals surface area contributed by atoms with Crippen LogP contribution in [0.5, 0.6) is 5.75 Å². The fourth-order valence-corrected chi connectivity index (χ4v) is 2.66. The number of urea groups is 1. The molecule has 8 nitrogen and oxygen atoms in total. The van der Waals surface area contributed by atoms with Gasteiger partial charge >= 0.3 is 6.03 Å². The number of nitrogens with zero attached hydrogens (tertiary/aromatic N) is 2. The van der Waals surface area contributed by atoms with E-state index in [1.807, 2.05) is 24.3 Å². The molecular weight excluding hydrogens is 379 g/mol. The van der Waals surface area contributed by atoms with Gasteiger partial charge in [0, 0.05) is 18.5 Å². The lowest BCUT2D eigenvalue weighted by atomic mass is 10.1. The molecule has 2 amide bonds. The second-order valence-corrected chi connectivity index (χ2v) is 6.22. The molecule has 1 atom stereocenters. The van der Waals surface area contributed by atoms with Crippen molar-refractivity contribution in [2.24, 2.45) is 0 Å². The van der Waals surface area contributed by atoms with Crippen LogP contribution >= 0.6 is 0 Å². The highest BCUT2D eigenvalue weighted by Crippen LogP contribution is 2.20. The molecule has 3 rings (SSSR count). The van der Waals surface area contributed by atoms with Gasteiger partial charge in [-0.25, -0.2) is 9.18 Å². The van der Waals surface area contributed by atoms with Crippen LogP contribution in [0.3, 0.4) is 0 Å². The predicted octanol–water partition coefficient (Wildman–Crippen LogP) is 2.86. The van der Waals surface area contributed by atoms with Gasteiger partial charge in [0.1, 0.15) is 17.6 Å². The number of carbonyl (C=O) groups excluding carboxylic acids is 1. The number of benzene rings is 2. The minimum Gasteiger partial charge on any atom is -0.497 e. The van der Waals surface area contributed by atoms with Crippen molar-refractivity contribution in [3.63, 3.8) is 0 Å². The zero-order chi connectivity index (χ0) is 20.6. The van der Waals surface area contributed by atoms with E-state index in [0.29, 0.717) is 12.1 Å². The highest BCUT2D eigenvalue weighted by Gasteiger charge is 2.22. The number of ether oxygens (including phenoxy) is 1. The zero-order valence-corrected chi connectivity index (χ0v) is 15.8. The molecule has 152 valence electrons. The van der Waals surface area contributed by atoms with E-state index in [-0.39, 0.29) is 24.8 Å². The molecule has 0 fully saturated rings. The Morgan fingerprint density at radius 2 is 1.90 bits per heavy atom. The summed E-state index contributed by atoms with van der Waals surface area (Å²) in [5.41, 5.74) is 1.36. The monoisotopic (exact) mass is 400 g/mol. The van der Waals surface area contributed by atoms with E-state index in [1.165, 1.54) is 24.3 Å². The Bertz CT molecular complexity index is 928. The molecule has 0 bridgehead atoms. The number of halogens is 1. The molecule has 0 saturated heterocycles. The van der Waals surface area contributed by atoms with Crippen molar-refractivity contribution in [3.05, 3.63) is 71.7 Å². The van der Waals surface area contributed by atoms with E-state index in [2.05, 4.69) is 20.8 Å². The number of rotatable bonds is 8. The molecule has 0 aliphatic rings. The number of hydrogen-bond acceptors (Lipinski definition) is 6. The second kappa shape index (κ2) is 9.65. The molecule has 29 heavy (non-hydrogen) atoms. The van der Waals surface area contributed by atoms with Crippen molar-refractivity contribution < 1.29 is 23.4 Å². The van der Waals surface area contributed by atoms with Crippen molar-refractivity contribution >= 4 is 11.7 Å². The largest absolute Gasteiger partial charge is 0.497 e. The normalized spacial score (nSPS) is 11.7. The topological polar surface area (TPSA) is 110 Å². The van der Waals surface area contributed by atoms with Crippen LogP contribution in [0, 0.1) is 5.82 Å². The average molecular weight is 400 g/mol. The maximum Gasteiger partial charge on any atom is 0.319 e. The first-order valence-electron chi connectivity index (χ1n) is 8.96.